The van der Waals surface area contributed by atoms with E-state index >= 15 is 0 Å². The SMILES string of the molecule is Cc1ccc(C(CC2CCCC2)NN)c(F)c1F. The molecular weight excluding hydrogens is 234 g/mol. The lowest BCUT2D eigenvalue weighted by atomic mass is 9.93. The standard InChI is InChI=1S/C14H20F2N2/c1-9-6-7-11(14(16)13(9)15)12(18-17)8-10-4-2-3-5-10/h6-7,10,12,18H,2-5,8,17H2,1H3. The van der Waals surface area contributed by atoms with Crippen LogP contribution >= 0.6 is 0 Å². The van der Waals surface area contributed by atoms with Gasteiger partial charge in [-0.05, 0) is 24.8 Å². The highest BCUT2D eigenvalue weighted by atomic mass is 19.2. The van der Waals surface area contributed by atoms with Crippen molar-refractivity contribution < 1.29 is 8.78 Å². The molecule has 1 fully saturated rings. The van der Waals surface area contributed by atoms with Crippen LogP contribution in [0.3, 0.4) is 0 Å². The molecule has 2 rings (SSSR count). The molecule has 0 heterocycles. The molecule has 0 saturated heterocycles. The number of nitrogens with two attached hydrogens (primary N) is 1. The van der Waals surface area contributed by atoms with Crippen LogP contribution in [0.1, 0.15) is 49.3 Å². The summed E-state index contributed by atoms with van der Waals surface area (Å²) in [5.41, 5.74) is 3.29. The zero-order chi connectivity index (χ0) is 13.1. The Bertz CT molecular complexity index is 415. The molecule has 1 unspecified atom stereocenters. The van der Waals surface area contributed by atoms with E-state index in [2.05, 4.69) is 5.43 Å². The number of hydrogen-bond acceptors (Lipinski definition) is 2. The summed E-state index contributed by atoms with van der Waals surface area (Å²) < 4.78 is 27.5. The van der Waals surface area contributed by atoms with Gasteiger partial charge in [0.15, 0.2) is 11.6 Å². The third-order valence-corrected chi connectivity index (χ3v) is 3.93. The summed E-state index contributed by atoms with van der Waals surface area (Å²) >= 11 is 0. The molecule has 2 nitrogen and oxygen atoms in total. The van der Waals surface area contributed by atoms with Crippen LogP contribution in [0.15, 0.2) is 12.1 Å². The number of halogens is 2. The van der Waals surface area contributed by atoms with Gasteiger partial charge in [0, 0.05) is 11.6 Å². The van der Waals surface area contributed by atoms with Gasteiger partial charge in [0.1, 0.15) is 0 Å². The van der Waals surface area contributed by atoms with Crippen LogP contribution in [-0.4, -0.2) is 0 Å². The molecule has 1 aliphatic rings. The van der Waals surface area contributed by atoms with Crippen LogP contribution in [0, 0.1) is 24.5 Å². The maximum absolute atomic E-state index is 13.9. The van der Waals surface area contributed by atoms with Crippen LogP contribution < -0.4 is 11.3 Å². The molecule has 1 aliphatic carbocycles. The highest BCUT2D eigenvalue weighted by Gasteiger charge is 2.24. The maximum atomic E-state index is 13.9. The van der Waals surface area contributed by atoms with Gasteiger partial charge in [0.05, 0.1) is 0 Å². The monoisotopic (exact) mass is 254 g/mol. The van der Waals surface area contributed by atoms with Crippen molar-refractivity contribution >= 4 is 0 Å². The second kappa shape index (κ2) is 5.76. The minimum absolute atomic E-state index is 0.303. The number of rotatable bonds is 4. The van der Waals surface area contributed by atoms with E-state index in [-0.39, 0.29) is 6.04 Å². The molecule has 0 spiro atoms. The molecular formula is C14H20F2N2. The van der Waals surface area contributed by atoms with Crippen molar-refractivity contribution in [1.29, 1.82) is 0 Å². The summed E-state index contributed by atoms with van der Waals surface area (Å²) in [5, 5.41) is 0. The van der Waals surface area contributed by atoms with E-state index in [0.29, 0.717) is 17.0 Å². The summed E-state index contributed by atoms with van der Waals surface area (Å²) in [6.07, 6.45) is 5.55. The molecule has 0 radical (unpaired) electrons. The van der Waals surface area contributed by atoms with E-state index in [1.54, 1.807) is 19.1 Å². The Hall–Kier alpha value is -1.00. The Labute approximate surface area is 107 Å². The van der Waals surface area contributed by atoms with E-state index < -0.39 is 11.6 Å². The Morgan fingerprint density at radius 3 is 2.56 bits per heavy atom. The molecule has 3 N–H and O–H groups in total. The van der Waals surface area contributed by atoms with E-state index in [4.69, 9.17) is 5.84 Å². The minimum atomic E-state index is -0.768. The molecule has 1 aromatic carbocycles. The molecule has 0 amide bonds. The summed E-state index contributed by atoms with van der Waals surface area (Å²) in [4.78, 5) is 0. The van der Waals surface area contributed by atoms with E-state index in [0.717, 1.165) is 19.3 Å². The third kappa shape index (κ3) is 2.70. The summed E-state index contributed by atoms with van der Waals surface area (Å²) in [5.74, 6) is 4.53. The van der Waals surface area contributed by atoms with Gasteiger partial charge in [-0.25, -0.2) is 8.78 Å². The van der Waals surface area contributed by atoms with Gasteiger partial charge in [-0.15, -0.1) is 0 Å². The molecule has 0 bridgehead atoms. The first-order chi connectivity index (χ1) is 8.63. The van der Waals surface area contributed by atoms with E-state index in [9.17, 15) is 8.78 Å². The molecule has 18 heavy (non-hydrogen) atoms. The Kier molecular flexibility index (Phi) is 4.30. The van der Waals surface area contributed by atoms with Crippen molar-refractivity contribution in [2.24, 2.45) is 11.8 Å². The Morgan fingerprint density at radius 2 is 1.94 bits per heavy atom. The highest BCUT2D eigenvalue weighted by Crippen LogP contribution is 2.34. The van der Waals surface area contributed by atoms with Crippen LogP contribution in [0.25, 0.3) is 0 Å². The number of aryl methyl sites for hydroxylation is 1. The molecule has 4 heteroatoms. The topological polar surface area (TPSA) is 38.0 Å². The van der Waals surface area contributed by atoms with Crippen molar-refractivity contribution in [2.75, 3.05) is 0 Å². The first kappa shape index (κ1) is 13.4. The fraction of sp³-hybridized carbons (Fsp3) is 0.571. The van der Waals surface area contributed by atoms with E-state index in [1.165, 1.54) is 12.8 Å². The average Bonchev–Trinajstić information content (AvgIpc) is 2.87. The van der Waals surface area contributed by atoms with Crippen molar-refractivity contribution in [3.63, 3.8) is 0 Å². The van der Waals surface area contributed by atoms with Gasteiger partial charge in [-0.3, -0.25) is 11.3 Å². The van der Waals surface area contributed by atoms with Crippen molar-refractivity contribution in [3.8, 4) is 0 Å². The van der Waals surface area contributed by atoms with Gasteiger partial charge in [-0.2, -0.15) is 0 Å². The number of nitrogens with one attached hydrogen (secondary N) is 1. The predicted octanol–water partition coefficient (Wildman–Crippen LogP) is 3.36. The van der Waals surface area contributed by atoms with Gasteiger partial charge >= 0.3 is 0 Å². The largest absolute Gasteiger partial charge is 0.271 e. The zero-order valence-electron chi connectivity index (χ0n) is 10.7. The summed E-state index contributed by atoms with van der Waals surface area (Å²) in [6, 6.07) is 2.93. The molecule has 1 atom stereocenters. The van der Waals surface area contributed by atoms with Gasteiger partial charge in [-0.1, -0.05) is 37.8 Å². The van der Waals surface area contributed by atoms with Gasteiger partial charge in [0.2, 0.25) is 0 Å². The first-order valence-electron chi connectivity index (χ1n) is 6.54. The Balaban J connectivity index is 2.18. The van der Waals surface area contributed by atoms with Crippen molar-refractivity contribution in [2.45, 2.75) is 45.1 Å². The van der Waals surface area contributed by atoms with Gasteiger partial charge < -0.3 is 0 Å². The van der Waals surface area contributed by atoms with Crippen LogP contribution in [0.4, 0.5) is 8.78 Å². The second-order valence-electron chi connectivity index (χ2n) is 5.21. The molecule has 1 aromatic rings. The Morgan fingerprint density at radius 1 is 1.28 bits per heavy atom. The fourth-order valence-corrected chi connectivity index (χ4v) is 2.79. The fourth-order valence-electron chi connectivity index (χ4n) is 2.79. The molecule has 0 aromatic heterocycles. The predicted molar refractivity (Wildman–Crippen MR) is 67.7 cm³/mol. The maximum Gasteiger partial charge on any atom is 0.163 e. The molecule has 1 saturated carbocycles. The quantitative estimate of drug-likeness (QED) is 0.638. The molecule has 100 valence electrons. The zero-order valence-corrected chi connectivity index (χ0v) is 10.7. The van der Waals surface area contributed by atoms with Crippen LogP contribution in [0.2, 0.25) is 0 Å². The number of benzene rings is 1. The van der Waals surface area contributed by atoms with Gasteiger partial charge in [0.25, 0.3) is 0 Å². The average molecular weight is 254 g/mol. The van der Waals surface area contributed by atoms with Crippen molar-refractivity contribution in [1.82, 2.24) is 5.43 Å². The smallest absolute Gasteiger partial charge is 0.163 e. The van der Waals surface area contributed by atoms with Crippen molar-refractivity contribution in [3.05, 3.63) is 34.9 Å². The van der Waals surface area contributed by atoms with Crippen LogP contribution in [0.5, 0.6) is 0 Å². The number of hydrogen-bond donors (Lipinski definition) is 2. The second-order valence-corrected chi connectivity index (χ2v) is 5.21. The van der Waals surface area contributed by atoms with Crippen LogP contribution in [-0.2, 0) is 0 Å². The third-order valence-electron chi connectivity index (χ3n) is 3.93. The summed E-state index contributed by atoms with van der Waals surface area (Å²) in [7, 11) is 0. The lowest BCUT2D eigenvalue weighted by Gasteiger charge is -2.21. The lowest BCUT2D eigenvalue weighted by Crippen LogP contribution is -2.30. The van der Waals surface area contributed by atoms with E-state index in [1.807, 2.05) is 0 Å². The molecule has 0 aliphatic heterocycles. The summed E-state index contributed by atoms with van der Waals surface area (Å²) in [6.45, 7) is 1.56. The highest BCUT2D eigenvalue weighted by molar-refractivity contribution is 5.27. The minimum Gasteiger partial charge on any atom is -0.271 e. The normalized spacial score (nSPS) is 18.2. The lowest BCUT2D eigenvalue weighted by molar-refractivity contribution is 0.382. The number of hydrazine groups is 1. The first-order valence-corrected chi connectivity index (χ1v) is 6.54.